The van der Waals surface area contributed by atoms with Gasteiger partial charge in [-0.25, -0.2) is 0 Å². The molecule has 0 spiro atoms. The molecular weight excluding hydrogens is 887 g/mol. The summed E-state index contributed by atoms with van der Waals surface area (Å²) in [6.07, 6.45) is 77.6. The molecule has 0 rings (SSSR count). The maximum Gasteiger partial charge on any atom is 0.305 e. The molecule has 3 N–H and O–H groups in total. The molecule has 0 bridgehead atoms. The highest BCUT2D eigenvalue weighted by atomic mass is 16.5. The van der Waals surface area contributed by atoms with E-state index in [0.717, 1.165) is 51.4 Å². The summed E-state index contributed by atoms with van der Waals surface area (Å²) in [7, 11) is 0. The second-order valence-corrected chi connectivity index (χ2v) is 22.1. The first-order valence-electron chi connectivity index (χ1n) is 32.3. The van der Waals surface area contributed by atoms with Crippen LogP contribution in [-0.2, 0) is 14.3 Å². The molecule has 0 aromatic rings. The summed E-state index contributed by atoms with van der Waals surface area (Å²) >= 11 is 0. The molecule has 6 nitrogen and oxygen atoms in total. The lowest BCUT2D eigenvalue weighted by Gasteiger charge is -2.20. The summed E-state index contributed by atoms with van der Waals surface area (Å²) in [5, 5.41) is 23.2. The van der Waals surface area contributed by atoms with E-state index in [9.17, 15) is 19.8 Å². The van der Waals surface area contributed by atoms with E-state index in [4.69, 9.17) is 4.74 Å². The third-order valence-electron chi connectivity index (χ3n) is 14.9. The van der Waals surface area contributed by atoms with E-state index in [1.807, 2.05) is 6.08 Å². The average Bonchev–Trinajstić information content (AvgIpc) is 3.38. The van der Waals surface area contributed by atoms with E-state index in [1.165, 1.54) is 270 Å². The van der Waals surface area contributed by atoms with Gasteiger partial charge in [-0.2, -0.15) is 0 Å². The summed E-state index contributed by atoms with van der Waals surface area (Å²) in [6.45, 7) is 4.89. The topological polar surface area (TPSA) is 95.9 Å². The standard InChI is InChI=1S/C66H125NO5/c1-3-5-7-9-11-13-15-17-19-20-21-22-23-24-27-31-34-38-42-46-50-54-58-64(69)63(62-68)67-65(70)59-55-51-47-43-39-35-32-28-25-26-29-33-37-41-45-49-53-57-61-72-66(71)60-56-52-48-44-40-36-30-18-16-14-12-10-8-6-4-2/h12,14,18,30,54,58,63-64,68-69H,3-11,13,15-17,19-29,31-53,55-57,59-62H2,1-2H3,(H,67,70)/b14-12-,30-18-,58-54+. The number of esters is 1. The zero-order valence-corrected chi connectivity index (χ0v) is 48.4. The van der Waals surface area contributed by atoms with Gasteiger partial charge in [-0.05, 0) is 64.2 Å². The highest BCUT2D eigenvalue weighted by Gasteiger charge is 2.18. The number of carbonyl (C=O) groups is 2. The maximum absolute atomic E-state index is 12.5. The minimum atomic E-state index is -0.849. The van der Waals surface area contributed by atoms with Gasteiger partial charge in [-0.15, -0.1) is 0 Å². The van der Waals surface area contributed by atoms with Gasteiger partial charge in [0.2, 0.25) is 5.91 Å². The van der Waals surface area contributed by atoms with Crippen molar-refractivity contribution in [2.24, 2.45) is 0 Å². The Bertz CT molecular complexity index is 1170. The zero-order chi connectivity index (χ0) is 52.2. The van der Waals surface area contributed by atoms with Crippen LogP contribution >= 0.6 is 0 Å². The van der Waals surface area contributed by atoms with Gasteiger partial charge in [-0.3, -0.25) is 9.59 Å². The van der Waals surface area contributed by atoms with Gasteiger partial charge in [0.25, 0.3) is 0 Å². The van der Waals surface area contributed by atoms with Crippen molar-refractivity contribution >= 4 is 11.9 Å². The fourth-order valence-corrected chi connectivity index (χ4v) is 9.96. The molecule has 1 amide bonds. The lowest BCUT2D eigenvalue weighted by molar-refractivity contribution is -0.143. The molecule has 424 valence electrons. The predicted molar refractivity (Wildman–Crippen MR) is 315 cm³/mol. The van der Waals surface area contributed by atoms with Gasteiger partial charge in [-0.1, -0.05) is 307 Å². The van der Waals surface area contributed by atoms with Crippen LogP contribution in [0.1, 0.15) is 348 Å². The van der Waals surface area contributed by atoms with Crippen LogP contribution in [0.25, 0.3) is 0 Å². The molecule has 2 unspecified atom stereocenters. The smallest absolute Gasteiger partial charge is 0.305 e. The van der Waals surface area contributed by atoms with Crippen molar-refractivity contribution < 1.29 is 24.5 Å². The Balaban J connectivity index is 3.45. The third kappa shape index (κ3) is 57.4. The number of allylic oxidation sites excluding steroid dienone is 5. The number of hydrogen-bond donors (Lipinski definition) is 3. The Morgan fingerprint density at radius 2 is 0.694 bits per heavy atom. The SMILES string of the molecule is CCCCC/C=C\C/C=C\CCCCCCCC(=O)OCCCCCCCCCCCCCCCCCCCCC(=O)NC(CO)C(O)/C=C/CCCCCCCCCCCCCCCCCCCCCC. The number of aliphatic hydroxyl groups excluding tert-OH is 2. The van der Waals surface area contributed by atoms with Crippen LogP contribution in [0.4, 0.5) is 0 Å². The molecular formula is C66H125NO5. The molecule has 0 aliphatic carbocycles. The molecule has 0 heterocycles. The molecule has 0 saturated carbocycles. The minimum Gasteiger partial charge on any atom is -0.466 e. The predicted octanol–water partition coefficient (Wildman–Crippen LogP) is 20.4. The molecule has 0 saturated heterocycles. The zero-order valence-electron chi connectivity index (χ0n) is 48.4. The first-order chi connectivity index (χ1) is 35.5. The number of ether oxygens (including phenoxy) is 1. The van der Waals surface area contributed by atoms with Crippen molar-refractivity contribution in [3.63, 3.8) is 0 Å². The van der Waals surface area contributed by atoms with Gasteiger partial charge in [0.1, 0.15) is 0 Å². The average molecular weight is 1010 g/mol. The Morgan fingerprint density at radius 3 is 1.08 bits per heavy atom. The van der Waals surface area contributed by atoms with E-state index >= 15 is 0 Å². The number of amides is 1. The summed E-state index contributed by atoms with van der Waals surface area (Å²) in [5.74, 6) is -0.0765. The van der Waals surface area contributed by atoms with Crippen LogP contribution in [0, 0.1) is 0 Å². The van der Waals surface area contributed by atoms with Crippen molar-refractivity contribution in [3.8, 4) is 0 Å². The van der Waals surface area contributed by atoms with Gasteiger partial charge in [0.15, 0.2) is 0 Å². The number of aliphatic hydroxyl groups is 2. The van der Waals surface area contributed by atoms with Gasteiger partial charge in [0.05, 0.1) is 25.4 Å². The van der Waals surface area contributed by atoms with Crippen LogP contribution in [0.2, 0.25) is 0 Å². The minimum absolute atomic E-state index is 0.00711. The molecule has 2 atom stereocenters. The van der Waals surface area contributed by atoms with E-state index in [-0.39, 0.29) is 18.5 Å². The molecule has 0 radical (unpaired) electrons. The Kier molecular flexibility index (Phi) is 60.0. The largest absolute Gasteiger partial charge is 0.466 e. The van der Waals surface area contributed by atoms with E-state index in [1.54, 1.807) is 6.08 Å². The van der Waals surface area contributed by atoms with Crippen LogP contribution in [0.5, 0.6) is 0 Å². The molecule has 0 aromatic heterocycles. The van der Waals surface area contributed by atoms with Crippen molar-refractivity contribution in [3.05, 3.63) is 36.5 Å². The van der Waals surface area contributed by atoms with Crippen molar-refractivity contribution in [1.82, 2.24) is 5.32 Å². The van der Waals surface area contributed by atoms with E-state index < -0.39 is 12.1 Å². The van der Waals surface area contributed by atoms with Crippen molar-refractivity contribution in [2.75, 3.05) is 13.2 Å². The highest BCUT2D eigenvalue weighted by Crippen LogP contribution is 2.18. The first-order valence-corrected chi connectivity index (χ1v) is 32.3. The Labute approximate surface area is 449 Å². The summed E-state index contributed by atoms with van der Waals surface area (Å²) in [6, 6.07) is -0.633. The van der Waals surface area contributed by atoms with Crippen LogP contribution in [0.3, 0.4) is 0 Å². The second-order valence-electron chi connectivity index (χ2n) is 22.1. The van der Waals surface area contributed by atoms with Crippen LogP contribution in [0.15, 0.2) is 36.5 Å². The Morgan fingerprint density at radius 1 is 0.389 bits per heavy atom. The van der Waals surface area contributed by atoms with Crippen molar-refractivity contribution in [1.29, 1.82) is 0 Å². The number of unbranched alkanes of at least 4 members (excludes halogenated alkanes) is 45. The molecule has 0 aliphatic heterocycles. The van der Waals surface area contributed by atoms with Crippen molar-refractivity contribution in [2.45, 2.75) is 360 Å². The van der Waals surface area contributed by atoms with Crippen LogP contribution < -0.4 is 5.32 Å². The van der Waals surface area contributed by atoms with Gasteiger partial charge >= 0.3 is 5.97 Å². The first kappa shape index (κ1) is 70.1. The monoisotopic (exact) mass is 1010 g/mol. The lowest BCUT2D eigenvalue weighted by atomic mass is 10.0. The quantitative estimate of drug-likeness (QED) is 0.0320. The number of rotatable bonds is 60. The molecule has 0 aliphatic rings. The second kappa shape index (κ2) is 61.6. The van der Waals surface area contributed by atoms with E-state index in [2.05, 4.69) is 43.5 Å². The Hall–Kier alpha value is -1.92. The number of carbonyl (C=O) groups excluding carboxylic acids is 2. The van der Waals surface area contributed by atoms with Crippen LogP contribution in [-0.4, -0.2) is 47.4 Å². The molecule has 0 aromatic carbocycles. The maximum atomic E-state index is 12.5. The lowest BCUT2D eigenvalue weighted by Crippen LogP contribution is -2.45. The number of hydrogen-bond acceptors (Lipinski definition) is 5. The van der Waals surface area contributed by atoms with Gasteiger partial charge < -0.3 is 20.3 Å². The van der Waals surface area contributed by atoms with E-state index in [0.29, 0.717) is 19.4 Å². The third-order valence-corrected chi connectivity index (χ3v) is 14.9. The fourth-order valence-electron chi connectivity index (χ4n) is 9.96. The fraction of sp³-hybridized carbons (Fsp3) is 0.879. The summed E-state index contributed by atoms with van der Waals surface area (Å²) in [5.41, 5.74) is 0. The van der Waals surface area contributed by atoms with Gasteiger partial charge in [0, 0.05) is 12.8 Å². The summed E-state index contributed by atoms with van der Waals surface area (Å²) < 4.78 is 5.48. The molecule has 6 heteroatoms. The summed E-state index contributed by atoms with van der Waals surface area (Å²) in [4.78, 5) is 24.6. The molecule has 72 heavy (non-hydrogen) atoms. The number of nitrogens with one attached hydrogen (secondary N) is 1. The normalized spacial score (nSPS) is 12.8. The highest BCUT2D eigenvalue weighted by molar-refractivity contribution is 5.76. The molecule has 0 fully saturated rings.